The van der Waals surface area contributed by atoms with Crippen LogP contribution in [-0.4, -0.2) is 51.6 Å². The van der Waals surface area contributed by atoms with Crippen LogP contribution < -0.4 is 10.0 Å². The van der Waals surface area contributed by atoms with E-state index in [2.05, 4.69) is 14.4 Å². The summed E-state index contributed by atoms with van der Waals surface area (Å²) in [6.07, 6.45) is 3.53. The molecule has 0 spiro atoms. The van der Waals surface area contributed by atoms with E-state index in [1.54, 1.807) is 4.90 Å². The first kappa shape index (κ1) is 26.8. The minimum Gasteiger partial charge on any atom is -0.333 e. The monoisotopic (exact) mass is 614 g/mol. The van der Waals surface area contributed by atoms with Crippen LogP contribution in [0.3, 0.4) is 0 Å². The number of benzene rings is 1. The molecule has 0 radical (unpaired) electrons. The Kier molecular flexibility index (Phi) is 6.42. The van der Waals surface area contributed by atoms with Crippen LogP contribution in [0.5, 0.6) is 0 Å². The number of amides is 1. The second-order valence-electron chi connectivity index (χ2n) is 10.5. The lowest BCUT2D eigenvalue weighted by molar-refractivity contribution is -0.153. The van der Waals surface area contributed by atoms with E-state index in [-0.39, 0.29) is 63.1 Å². The van der Waals surface area contributed by atoms with E-state index < -0.39 is 43.6 Å². The van der Waals surface area contributed by atoms with Gasteiger partial charge in [0, 0.05) is 30.6 Å². The van der Waals surface area contributed by atoms with Crippen LogP contribution in [0.1, 0.15) is 30.4 Å². The number of anilines is 1. The molecule has 2 aliphatic heterocycles. The number of Topliss-reactive ketones (excluding diaryl/α,β-unsaturated/α-hetero) is 1. The first-order valence-corrected chi connectivity index (χ1v) is 16.9. The average molecular weight is 615 g/mol. The Bertz CT molecular complexity index is 1660. The number of halogens is 2. The number of amidine groups is 1. The maximum Gasteiger partial charge on any atom is 0.287 e. The number of nitrogens with one attached hydrogen (secondary N) is 2. The number of hydrogen-bond acceptors (Lipinski definition) is 8. The number of nitrogens with zero attached hydrogens (tertiary/aromatic N) is 2. The van der Waals surface area contributed by atoms with Crippen LogP contribution in [0.15, 0.2) is 32.9 Å². The van der Waals surface area contributed by atoms with Crippen LogP contribution in [0.25, 0.3) is 0 Å². The number of carbonyl (C=O) groups is 2. The van der Waals surface area contributed by atoms with Crippen LogP contribution in [0, 0.1) is 29.5 Å². The molecule has 208 valence electrons. The molecule has 2 bridgehead atoms. The summed E-state index contributed by atoms with van der Waals surface area (Å²) in [5, 5.41) is 4.48. The maximum absolute atomic E-state index is 14.0. The number of rotatable bonds is 6. The third kappa shape index (κ3) is 4.59. The van der Waals surface area contributed by atoms with Gasteiger partial charge in [-0.1, -0.05) is 17.7 Å². The first-order valence-electron chi connectivity index (χ1n) is 12.3. The predicted octanol–water partition coefficient (Wildman–Crippen LogP) is 2.74. The van der Waals surface area contributed by atoms with Crippen molar-refractivity contribution in [2.75, 3.05) is 11.6 Å². The van der Waals surface area contributed by atoms with Gasteiger partial charge in [-0.15, -0.1) is 15.7 Å². The van der Waals surface area contributed by atoms with E-state index in [0.29, 0.717) is 5.56 Å². The van der Waals surface area contributed by atoms with Gasteiger partial charge in [-0.2, -0.15) is 8.42 Å². The Balaban J connectivity index is 1.36. The molecule has 3 heterocycles. The molecule has 5 atom stereocenters. The van der Waals surface area contributed by atoms with Crippen LogP contribution in [0.2, 0.25) is 5.02 Å². The SMILES string of the molecule is CS(=O)(=O)NCc1csc2c1S(=O)(=O)N=C(C1C(=O)C3C([C@@H]4CC[C@H]3C4)N(Cc3ccc(F)c(Cl)c3)C1=O)N2. The Morgan fingerprint density at radius 1 is 1.26 bits per heavy atom. The third-order valence-electron chi connectivity index (χ3n) is 8.05. The summed E-state index contributed by atoms with van der Waals surface area (Å²) >= 11 is 7.00. The molecule has 4 aliphatic rings. The number of carbonyl (C=O) groups excluding carboxylic acids is 2. The van der Waals surface area contributed by atoms with E-state index in [0.717, 1.165) is 36.9 Å². The van der Waals surface area contributed by atoms with Crippen molar-refractivity contribution in [3.63, 3.8) is 0 Å². The van der Waals surface area contributed by atoms with Gasteiger partial charge in [0.25, 0.3) is 10.0 Å². The molecule has 2 N–H and O–H groups in total. The molecule has 1 aromatic heterocycles. The standard InChI is InChI=1S/C24H24ClFN4O6S3/c1-38(33,34)27-8-14-10-37-23-21(14)39(35,36)29-22(28-23)18-20(31)17-12-3-4-13(7-12)19(17)30(24(18)32)9-11-2-5-16(26)15(25)6-11/h2,5-6,10,12-13,17-19,27H,3-4,7-9H2,1H3,(H,28,29)/t12-,13+,17?,18?,19?/m0/s1. The Morgan fingerprint density at radius 3 is 2.72 bits per heavy atom. The molecule has 2 aromatic rings. The van der Waals surface area contributed by atoms with Gasteiger partial charge in [-0.05, 0) is 54.2 Å². The Morgan fingerprint density at radius 2 is 2.00 bits per heavy atom. The molecule has 3 fully saturated rings. The zero-order valence-corrected chi connectivity index (χ0v) is 23.8. The second kappa shape index (κ2) is 9.33. The van der Waals surface area contributed by atoms with E-state index in [1.807, 2.05) is 0 Å². The van der Waals surface area contributed by atoms with E-state index >= 15 is 0 Å². The van der Waals surface area contributed by atoms with Gasteiger partial charge in [0.2, 0.25) is 15.9 Å². The van der Waals surface area contributed by atoms with E-state index in [1.165, 1.54) is 23.6 Å². The predicted molar refractivity (Wildman–Crippen MR) is 143 cm³/mol. The number of hydrogen-bond donors (Lipinski definition) is 2. The number of likely N-dealkylation sites (tertiary alicyclic amines) is 1. The molecule has 6 rings (SSSR count). The highest BCUT2D eigenvalue weighted by Gasteiger charge is 2.60. The third-order valence-corrected chi connectivity index (χ3v) is 11.5. The van der Waals surface area contributed by atoms with Crippen molar-refractivity contribution in [2.45, 2.75) is 43.3 Å². The molecule has 1 aromatic carbocycles. The summed E-state index contributed by atoms with van der Waals surface area (Å²) < 4.78 is 69.5. The number of piperidine rings is 1. The van der Waals surface area contributed by atoms with Gasteiger partial charge in [-0.25, -0.2) is 17.5 Å². The summed E-state index contributed by atoms with van der Waals surface area (Å²) in [4.78, 5) is 29.2. The van der Waals surface area contributed by atoms with Crippen LogP contribution in [0.4, 0.5) is 9.39 Å². The van der Waals surface area contributed by atoms with Gasteiger partial charge >= 0.3 is 0 Å². The maximum atomic E-state index is 14.0. The molecule has 2 saturated carbocycles. The van der Waals surface area contributed by atoms with Gasteiger partial charge < -0.3 is 10.2 Å². The Labute approximate surface area is 233 Å². The summed E-state index contributed by atoms with van der Waals surface area (Å²) in [6.45, 7) is -0.156. The van der Waals surface area contributed by atoms with Gasteiger partial charge in [0.1, 0.15) is 21.5 Å². The first-order chi connectivity index (χ1) is 18.3. The molecule has 39 heavy (non-hydrogen) atoms. The van der Waals surface area contributed by atoms with Gasteiger partial charge in [0.05, 0.1) is 11.3 Å². The summed E-state index contributed by atoms with van der Waals surface area (Å²) in [6, 6.07) is 3.88. The fourth-order valence-electron chi connectivity index (χ4n) is 6.53. The Hall–Kier alpha value is -2.39. The number of thiophene rings is 1. The molecule has 1 amide bonds. The molecule has 3 unspecified atom stereocenters. The summed E-state index contributed by atoms with van der Waals surface area (Å²) in [5.74, 6) is -3.39. The number of fused-ring (bicyclic) bond motifs is 6. The van der Waals surface area contributed by atoms with Crippen LogP contribution >= 0.6 is 22.9 Å². The zero-order chi connectivity index (χ0) is 27.9. The second-order valence-corrected chi connectivity index (χ2v) is 15.1. The van der Waals surface area contributed by atoms with E-state index in [9.17, 15) is 30.8 Å². The molecule has 15 heteroatoms. The van der Waals surface area contributed by atoms with Crippen molar-refractivity contribution in [1.82, 2.24) is 9.62 Å². The van der Waals surface area contributed by atoms with Crippen molar-refractivity contribution in [3.8, 4) is 0 Å². The quantitative estimate of drug-likeness (QED) is 0.477. The number of ketones is 1. The number of sulfonamides is 2. The fraction of sp³-hybridized carbons (Fsp3) is 0.458. The molecular formula is C24H24ClFN4O6S3. The zero-order valence-electron chi connectivity index (χ0n) is 20.6. The largest absolute Gasteiger partial charge is 0.333 e. The normalized spacial score (nSPS) is 29.2. The average Bonchev–Trinajstić information content (AvgIpc) is 3.57. The molecule has 10 nitrogen and oxygen atoms in total. The van der Waals surface area contributed by atoms with Gasteiger partial charge in [-0.3, -0.25) is 9.59 Å². The summed E-state index contributed by atoms with van der Waals surface area (Å²) in [7, 11) is -7.92. The molecule has 1 saturated heterocycles. The van der Waals surface area contributed by atoms with Crippen molar-refractivity contribution < 1.29 is 30.8 Å². The van der Waals surface area contributed by atoms with Crippen molar-refractivity contribution in [2.24, 2.45) is 28.1 Å². The topological polar surface area (TPSA) is 142 Å². The van der Waals surface area contributed by atoms with Crippen LogP contribution in [-0.2, 0) is 42.7 Å². The highest BCUT2D eigenvalue weighted by atomic mass is 35.5. The van der Waals surface area contributed by atoms with Crippen molar-refractivity contribution in [3.05, 3.63) is 45.5 Å². The minimum absolute atomic E-state index is 0.0788. The minimum atomic E-state index is -4.34. The molecule has 2 aliphatic carbocycles. The van der Waals surface area contributed by atoms with E-state index in [4.69, 9.17) is 11.6 Å². The smallest absolute Gasteiger partial charge is 0.287 e. The lowest BCUT2D eigenvalue weighted by Gasteiger charge is -2.45. The summed E-state index contributed by atoms with van der Waals surface area (Å²) in [5.41, 5.74) is 0.805. The van der Waals surface area contributed by atoms with Gasteiger partial charge in [0.15, 0.2) is 11.7 Å². The molecular weight excluding hydrogens is 591 g/mol. The lowest BCUT2D eigenvalue weighted by Crippen LogP contribution is -2.61. The lowest BCUT2D eigenvalue weighted by atomic mass is 9.73. The van der Waals surface area contributed by atoms with Crippen molar-refractivity contribution in [1.29, 1.82) is 0 Å². The fourth-order valence-corrected chi connectivity index (χ4v) is 9.80. The van der Waals surface area contributed by atoms with Crippen molar-refractivity contribution >= 4 is 65.5 Å². The highest BCUT2D eigenvalue weighted by molar-refractivity contribution is 7.91. The highest BCUT2D eigenvalue weighted by Crippen LogP contribution is 2.54.